The van der Waals surface area contributed by atoms with E-state index in [1.807, 2.05) is 6.92 Å². The number of hydrogen-bond donors (Lipinski definition) is 0. The van der Waals surface area contributed by atoms with E-state index in [0.29, 0.717) is 23.3 Å². The van der Waals surface area contributed by atoms with Crippen LogP contribution in [0.25, 0.3) is 11.1 Å². The third kappa shape index (κ3) is 7.58. The Balaban J connectivity index is 1.71. The van der Waals surface area contributed by atoms with Crippen LogP contribution in [0.4, 0.5) is 11.4 Å². The second-order valence-corrected chi connectivity index (χ2v) is 11.0. The lowest BCUT2D eigenvalue weighted by molar-refractivity contribution is -0.384. The Labute approximate surface area is 288 Å². The predicted molar refractivity (Wildman–Crippen MR) is 184 cm³/mol. The molecule has 0 aliphatic rings. The first-order valence-corrected chi connectivity index (χ1v) is 16.0. The number of amides is 1. The number of benzene rings is 4. The van der Waals surface area contributed by atoms with Crippen molar-refractivity contribution in [3.8, 4) is 16.9 Å². The van der Waals surface area contributed by atoms with Gasteiger partial charge >= 0.3 is 11.7 Å². The van der Waals surface area contributed by atoms with Crippen LogP contribution in [0.3, 0.4) is 0 Å². The molecular weight excluding hydrogens is 642 g/mol. The van der Waals surface area contributed by atoms with Gasteiger partial charge in [0.1, 0.15) is 11.3 Å². The molecule has 5 aromatic rings. The van der Waals surface area contributed by atoms with Gasteiger partial charge in [-0.25, -0.2) is 9.48 Å². The van der Waals surface area contributed by atoms with E-state index < -0.39 is 39.5 Å². The molecule has 50 heavy (non-hydrogen) atoms. The van der Waals surface area contributed by atoms with Crippen LogP contribution in [-0.4, -0.2) is 57.9 Å². The van der Waals surface area contributed by atoms with Gasteiger partial charge in [-0.2, -0.15) is 5.06 Å². The number of anilines is 1. The van der Waals surface area contributed by atoms with E-state index in [0.717, 1.165) is 11.5 Å². The number of aromatic nitrogens is 3. The standard InChI is InChI=1S/C37H35N5O8/c1-4-6-23-50-41(36(44)27-15-11-8-12-16-27)32-29(26-13-9-7-10-14-26)21-22-30(33(32)42(46)47)35(43)31-34(37(45)49-5-2)40(39-38-31)24-25-17-19-28(48-3)20-18-25/h7-22H,4-6,23-24H2,1-3H3. The van der Waals surface area contributed by atoms with Crippen molar-refractivity contribution in [3.63, 3.8) is 0 Å². The van der Waals surface area contributed by atoms with E-state index in [-0.39, 0.29) is 42.3 Å². The second-order valence-electron chi connectivity index (χ2n) is 11.0. The fourth-order valence-corrected chi connectivity index (χ4v) is 5.24. The quantitative estimate of drug-likeness (QED) is 0.0384. The number of ether oxygens (including phenoxy) is 2. The Morgan fingerprint density at radius 2 is 1.58 bits per heavy atom. The monoisotopic (exact) mass is 677 g/mol. The molecule has 256 valence electrons. The SMILES string of the molecule is CCCCON(C(=O)c1ccccc1)c1c(-c2ccccc2)ccc(C(=O)c2nnn(Cc3ccc(OC)cc3)c2C(=O)OCC)c1[N+](=O)[O-]. The van der Waals surface area contributed by atoms with Gasteiger partial charge in [-0.1, -0.05) is 85.3 Å². The highest BCUT2D eigenvalue weighted by Crippen LogP contribution is 2.43. The van der Waals surface area contributed by atoms with Crippen molar-refractivity contribution in [3.05, 3.63) is 135 Å². The van der Waals surface area contributed by atoms with Crippen molar-refractivity contribution in [2.75, 3.05) is 25.4 Å². The number of ketones is 1. The largest absolute Gasteiger partial charge is 0.497 e. The number of carbonyl (C=O) groups excluding carboxylic acids is 3. The molecule has 0 bridgehead atoms. The first-order valence-electron chi connectivity index (χ1n) is 16.0. The third-order valence-electron chi connectivity index (χ3n) is 7.70. The fraction of sp³-hybridized carbons (Fsp3) is 0.216. The zero-order chi connectivity index (χ0) is 35.6. The minimum atomic E-state index is -0.970. The number of rotatable bonds is 15. The molecule has 0 spiro atoms. The summed E-state index contributed by atoms with van der Waals surface area (Å²) in [6.07, 6.45) is 1.27. The van der Waals surface area contributed by atoms with Gasteiger partial charge in [-0.3, -0.25) is 24.5 Å². The summed E-state index contributed by atoms with van der Waals surface area (Å²) in [5.41, 5.74) is -0.414. The fourth-order valence-electron chi connectivity index (χ4n) is 5.24. The summed E-state index contributed by atoms with van der Waals surface area (Å²) in [6, 6.07) is 26.7. The van der Waals surface area contributed by atoms with Crippen LogP contribution in [-0.2, 0) is 16.1 Å². The van der Waals surface area contributed by atoms with Crippen LogP contribution in [0.1, 0.15) is 69.2 Å². The zero-order valence-corrected chi connectivity index (χ0v) is 27.8. The summed E-state index contributed by atoms with van der Waals surface area (Å²) in [7, 11) is 1.54. The number of hydrogen-bond acceptors (Lipinski definition) is 10. The summed E-state index contributed by atoms with van der Waals surface area (Å²) in [5.74, 6) is -1.91. The van der Waals surface area contributed by atoms with Gasteiger partial charge in [0.2, 0.25) is 5.78 Å². The lowest BCUT2D eigenvalue weighted by atomic mass is 9.96. The Hall–Kier alpha value is -6.21. The van der Waals surface area contributed by atoms with Gasteiger partial charge in [0.15, 0.2) is 17.1 Å². The molecule has 0 fully saturated rings. The van der Waals surface area contributed by atoms with E-state index in [4.69, 9.17) is 14.3 Å². The summed E-state index contributed by atoms with van der Waals surface area (Å²) in [5, 5.41) is 22.1. The van der Waals surface area contributed by atoms with Crippen molar-refractivity contribution >= 4 is 29.0 Å². The molecule has 0 atom stereocenters. The van der Waals surface area contributed by atoms with Crippen LogP contribution < -0.4 is 9.80 Å². The highest BCUT2D eigenvalue weighted by molar-refractivity contribution is 6.18. The number of nitro benzene ring substituents is 1. The summed E-state index contributed by atoms with van der Waals surface area (Å²) in [6.45, 7) is 3.62. The number of esters is 1. The van der Waals surface area contributed by atoms with Crippen molar-refractivity contribution in [2.45, 2.75) is 33.2 Å². The van der Waals surface area contributed by atoms with Crippen LogP contribution in [0.15, 0.2) is 97.1 Å². The average molecular weight is 678 g/mol. The van der Waals surface area contributed by atoms with Crippen molar-refractivity contribution in [1.29, 1.82) is 0 Å². The molecule has 0 N–H and O–H groups in total. The van der Waals surface area contributed by atoms with Crippen molar-refractivity contribution in [2.24, 2.45) is 0 Å². The minimum Gasteiger partial charge on any atom is -0.497 e. The summed E-state index contributed by atoms with van der Waals surface area (Å²) >= 11 is 0. The Morgan fingerprint density at radius 1 is 0.900 bits per heavy atom. The number of nitro groups is 1. The van der Waals surface area contributed by atoms with Crippen LogP contribution in [0.5, 0.6) is 5.75 Å². The Kier molecular flexibility index (Phi) is 11.4. The zero-order valence-electron chi connectivity index (χ0n) is 27.8. The van der Waals surface area contributed by atoms with Gasteiger partial charge in [-0.05, 0) is 54.8 Å². The minimum absolute atomic E-state index is 0.0120. The molecule has 0 saturated heterocycles. The normalized spacial score (nSPS) is 10.8. The molecule has 0 aliphatic heterocycles. The topological polar surface area (TPSA) is 156 Å². The third-order valence-corrected chi connectivity index (χ3v) is 7.70. The highest BCUT2D eigenvalue weighted by Gasteiger charge is 2.38. The highest BCUT2D eigenvalue weighted by atomic mass is 16.7. The molecule has 13 heteroatoms. The summed E-state index contributed by atoms with van der Waals surface area (Å²) < 4.78 is 11.7. The van der Waals surface area contributed by atoms with Gasteiger partial charge < -0.3 is 9.47 Å². The summed E-state index contributed by atoms with van der Waals surface area (Å²) in [4.78, 5) is 60.1. The molecule has 1 amide bonds. The maximum absolute atomic E-state index is 14.4. The number of hydroxylamine groups is 1. The van der Waals surface area contributed by atoms with Crippen molar-refractivity contribution < 1.29 is 33.6 Å². The van der Waals surface area contributed by atoms with E-state index in [1.54, 1.807) is 91.9 Å². The van der Waals surface area contributed by atoms with Crippen LogP contribution >= 0.6 is 0 Å². The lowest BCUT2D eigenvalue weighted by Crippen LogP contribution is -2.33. The smallest absolute Gasteiger partial charge is 0.359 e. The van der Waals surface area contributed by atoms with E-state index in [1.165, 1.54) is 23.9 Å². The van der Waals surface area contributed by atoms with Gasteiger partial charge in [0, 0.05) is 11.1 Å². The first-order chi connectivity index (χ1) is 24.3. The van der Waals surface area contributed by atoms with E-state index >= 15 is 0 Å². The maximum Gasteiger partial charge on any atom is 0.359 e. The molecule has 13 nitrogen and oxygen atoms in total. The number of nitrogens with zero attached hydrogens (tertiary/aromatic N) is 5. The van der Waals surface area contributed by atoms with Gasteiger partial charge in [-0.15, -0.1) is 5.10 Å². The molecule has 1 heterocycles. The Morgan fingerprint density at radius 3 is 2.20 bits per heavy atom. The van der Waals surface area contributed by atoms with E-state index in [9.17, 15) is 24.5 Å². The molecule has 1 aromatic heterocycles. The molecule has 0 unspecified atom stereocenters. The van der Waals surface area contributed by atoms with Crippen LogP contribution in [0, 0.1) is 10.1 Å². The second kappa shape index (κ2) is 16.3. The first kappa shape index (κ1) is 35.1. The number of unbranched alkanes of at least 4 members (excludes halogenated alkanes) is 1. The molecule has 0 aliphatic carbocycles. The number of methoxy groups -OCH3 is 1. The van der Waals surface area contributed by atoms with Gasteiger partial charge in [0.25, 0.3) is 5.91 Å². The molecule has 0 radical (unpaired) electrons. The lowest BCUT2D eigenvalue weighted by Gasteiger charge is -2.25. The molecule has 4 aromatic carbocycles. The maximum atomic E-state index is 14.4. The van der Waals surface area contributed by atoms with Gasteiger partial charge in [0.05, 0.1) is 31.8 Å². The molecular formula is C37H35N5O8. The predicted octanol–water partition coefficient (Wildman–Crippen LogP) is 6.70. The average Bonchev–Trinajstić information content (AvgIpc) is 3.57. The molecule has 0 saturated carbocycles. The van der Waals surface area contributed by atoms with E-state index in [2.05, 4.69) is 10.3 Å². The van der Waals surface area contributed by atoms with Crippen LogP contribution in [0.2, 0.25) is 0 Å². The van der Waals surface area contributed by atoms with Crippen molar-refractivity contribution in [1.82, 2.24) is 15.0 Å². The number of carbonyl (C=O) groups is 3. The Bertz CT molecular complexity index is 1980. The molecule has 5 rings (SSSR count).